The Morgan fingerprint density at radius 3 is 1.24 bits per heavy atom. The third-order valence-corrected chi connectivity index (χ3v) is 9.92. The van der Waals surface area contributed by atoms with Gasteiger partial charge in [-0.3, -0.25) is 0 Å². The third kappa shape index (κ3) is 36.6. The van der Waals surface area contributed by atoms with Gasteiger partial charge in [0.15, 0.2) is 5.60 Å². The first kappa shape index (κ1) is 51.0. The van der Waals surface area contributed by atoms with E-state index in [4.69, 9.17) is 9.47 Å². The fourth-order valence-electron chi connectivity index (χ4n) is 6.32. The summed E-state index contributed by atoms with van der Waals surface area (Å²) in [7, 11) is 0. The molecule has 0 aromatic carbocycles. The summed E-state index contributed by atoms with van der Waals surface area (Å²) in [5.74, 6) is -0.460. The van der Waals surface area contributed by atoms with Crippen LogP contribution in [0, 0.1) is 5.92 Å². The molecule has 0 aromatic rings. The average molecular weight is 713 g/mol. The topological polar surface area (TPSA) is 93.1 Å². The predicted molar refractivity (Wildman–Crippen MR) is 214 cm³/mol. The highest BCUT2D eigenvalue weighted by atomic mass is 16.6. The Labute approximate surface area is 312 Å². The molecule has 6 nitrogen and oxygen atoms in total. The maximum atomic E-state index is 12.0. The zero-order valence-corrected chi connectivity index (χ0v) is 34.5. The van der Waals surface area contributed by atoms with E-state index in [2.05, 4.69) is 27.7 Å². The number of hydrogen-bond acceptors (Lipinski definition) is 6. The zero-order valence-electron chi connectivity index (χ0n) is 34.5. The maximum absolute atomic E-state index is 12.0. The zero-order chi connectivity index (χ0) is 37.6. The first-order valence-electron chi connectivity index (χ1n) is 21.9. The lowest BCUT2D eigenvalue weighted by molar-refractivity contribution is -0.164. The van der Waals surface area contributed by atoms with Crippen molar-refractivity contribution in [3.05, 3.63) is 0 Å². The van der Waals surface area contributed by atoms with Gasteiger partial charge in [0.05, 0.1) is 13.2 Å². The van der Waals surface area contributed by atoms with Crippen LogP contribution in [0.4, 0.5) is 0 Å². The number of unbranched alkanes of at least 4 members (excludes halogenated alkanes) is 24. The van der Waals surface area contributed by atoms with Gasteiger partial charge in [0.1, 0.15) is 6.10 Å². The minimum atomic E-state index is -1.32. The number of hydrogen-bond donors (Lipinski definition) is 2. The Morgan fingerprint density at radius 2 is 0.860 bits per heavy atom. The van der Waals surface area contributed by atoms with Crippen LogP contribution in [0.2, 0.25) is 0 Å². The van der Waals surface area contributed by atoms with E-state index >= 15 is 0 Å². The van der Waals surface area contributed by atoms with Crippen LogP contribution in [0.25, 0.3) is 0 Å². The van der Waals surface area contributed by atoms with Crippen molar-refractivity contribution in [1.82, 2.24) is 0 Å². The van der Waals surface area contributed by atoms with Crippen LogP contribution < -0.4 is 0 Å². The van der Waals surface area contributed by atoms with Gasteiger partial charge in [-0.25, -0.2) is 9.59 Å². The number of carbonyl (C=O) groups is 2. The van der Waals surface area contributed by atoms with Crippen LogP contribution in [0.15, 0.2) is 0 Å². The second-order valence-corrected chi connectivity index (χ2v) is 15.4. The van der Waals surface area contributed by atoms with Crippen LogP contribution in [0.1, 0.15) is 241 Å². The van der Waals surface area contributed by atoms with Crippen LogP contribution >= 0.6 is 0 Å². The molecular weight excluding hydrogens is 624 g/mol. The molecule has 50 heavy (non-hydrogen) atoms. The van der Waals surface area contributed by atoms with Gasteiger partial charge in [-0.1, -0.05) is 195 Å². The van der Waals surface area contributed by atoms with Gasteiger partial charge in [-0.05, 0) is 51.9 Å². The fraction of sp³-hybridized carbons (Fsp3) is 0.955. The minimum absolute atomic E-state index is 0.443. The minimum Gasteiger partial charge on any atom is -0.464 e. The quantitative estimate of drug-likeness (QED) is 0.0496. The van der Waals surface area contributed by atoms with Crippen molar-refractivity contribution >= 4 is 11.9 Å². The molecule has 0 rings (SSSR count). The highest BCUT2D eigenvalue weighted by Gasteiger charge is 2.31. The lowest BCUT2D eigenvalue weighted by Gasteiger charge is -2.21. The van der Waals surface area contributed by atoms with Gasteiger partial charge >= 0.3 is 11.9 Å². The Balaban J connectivity index is 0. The lowest BCUT2D eigenvalue weighted by atomic mass is 9.94. The largest absolute Gasteiger partial charge is 0.464 e. The monoisotopic (exact) mass is 713 g/mol. The first-order valence-corrected chi connectivity index (χ1v) is 21.9. The predicted octanol–water partition coefficient (Wildman–Crippen LogP) is 13.0. The van der Waals surface area contributed by atoms with Crippen LogP contribution in [0.5, 0.6) is 0 Å². The van der Waals surface area contributed by atoms with Gasteiger partial charge in [0, 0.05) is 0 Å². The van der Waals surface area contributed by atoms with Gasteiger partial charge < -0.3 is 19.7 Å². The molecule has 0 spiro atoms. The van der Waals surface area contributed by atoms with Crippen molar-refractivity contribution in [2.45, 2.75) is 252 Å². The van der Waals surface area contributed by atoms with Crippen molar-refractivity contribution in [2.24, 2.45) is 5.92 Å². The van der Waals surface area contributed by atoms with E-state index in [1.54, 1.807) is 6.92 Å². The number of carbonyl (C=O) groups excluding carboxylic acids is 2. The molecule has 0 aliphatic rings. The fourth-order valence-corrected chi connectivity index (χ4v) is 6.32. The molecule has 2 atom stereocenters. The normalized spacial score (nSPS) is 13.1. The average Bonchev–Trinajstić information content (AvgIpc) is 3.10. The Hall–Kier alpha value is -1.14. The molecule has 0 saturated carbocycles. The second kappa shape index (κ2) is 39.1. The number of aliphatic hydroxyl groups excluding tert-OH is 1. The number of rotatable bonds is 36. The lowest BCUT2D eigenvalue weighted by Crippen LogP contribution is -2.37. The van der Waals surface area contributed by atoms with E-state index in [1.807, 2.05) is 0 Å². The van der Waals surface area contributed by atoms with Crippen LogP contribution in [-0.2, 0) is 19.1 Å². The summed E-state index contributed by atoms with van der Waals surface area (Å²) in [4.78, 5) is 23.5. The van der Waals surface area contributed by atoms with Crippen molar-refractivity contribution in [3.8, 4) is 0 Å². The molecular formula is C44H88O6. The Morgan fingerprint density at radius 1 is 0.520 bits per heavy atom. The second-order valence-electron chi connectivity index (χ2n) is 15.4. The Bertz CT molecular complexity index is 691. The molecule has 0 fully saturated rings. The van der Waals surface area contributed by atoms with E-state index in [1.165, 1.54) is 161 Å². The third-order valence-electron chi connectivity index (χ3n) is 9.92. The van der Waals surface area contributed by atoms with Crippen molar-refractivity contribution in [2.75, 3.05) is 13.2 Å². The standard InChI is InChI=1S/C23H46O3.C21H42O3/c1-4-6-8-10-12-13-14-15-16-18-20-23(3,25)22(24)26-21-19-17-11-9-7-5-2;1-4-6-8-10-12-14-16-20(18-24-21(23)19(3)22)17-15-13-11-9-7-5-2/h25H,4-21H2,1-3H3;19-20,22H,4-18H2,1-3H3. The summed E-state index contributed by atoms with van der Waals surface area (Å²) in [6.45, 7) is 12.9. The van der Waals surface area contributed by atoms with Crippen molar-refractivity contribution in [3.63, 3.8) is 0 Å². The summed E-state index contributed by atoms with van der Waals surface area (Å²) >= 11 is 0. The van der Waals surface area contributed by atoms with E-state index in [9.17, 15) is 19.8 Å². The van der Waals surface area contributed by atoms with Crippen molar-refractivity contribution in [1.29, 1.82) is 0 Å². The van der Waals surface area contributed by atoms with Gasteiger partial charge in [-0.15, -0.1) is 0 Å². The molecule has 300 valence electrons. The van der Waals surface area contributed by atoms with Crippen LogP contribution in [-0.4, -0.2) is 47.1 Å². The summed E-state index contributed by atoms with van der Waals surface area (Å²) < 4.78 is 10.5. The molecule has 2 N–H and O–H groups in total. The number of aliphatic hydroxyl groups is 2. The van der Waals surface area contributed by atoms with E-state index in [0.717, 1.165) is 38.5 Å². The number of ether oxygens (including phenoxy) is 2. The number of esters is 2. The molecule has 0 saturated heterocycles. The summed E-state index contributed by atoms with van der Waals surface area (Å²) in [5.41, 5.74) is -1.32. The molecule has 0 radical (unpaired) electrons. The van der Waals surface area contributed by atoms with E-state index in [-0.39, 0.29) is 0 Å². The maximum Gasteiger partial charge on any atom is 0.337 e. The molecule has 0 amide bonds. The van der Waals surface area contributed by atoms with Crippen molar-refractivity contribution < 1.29 is 29.3 Å². The molecule has 0 bridgehead atoms. The molecule has 0 aliphatic carbocycles. The smallest absolute Gasteiger partial charge is 0.337 e. The van der Waals surface area contributed by atoms with Gasteiger partial charge in [0.25, 0.3) is 0 Å². The summed E-state index contributed by atoms with van der Waals surface area (Å²) in [6.07, 6.45) is 37.0. The summed E-state index contributed by atoms with van der Waals surface area (Å²) in [5, 5.41) is 19.6. The summed E-state index contributed by atoms with van der Waals surface area (Å²) in [6, 6.07) is 0. The molecule has 6 heteroatoms. The Kier molecular flexibility index (Phi) is 39.8. The SMILES string of the molecule is CCCCCCCCC(CCCCCCCC)COC(=O)C(C)O.CCCCCCCCCCCCC(C)(O)C(=O)OCCCCCCCC. The molecule has 0 aliphatic heterocycles. The van der Waals surface area contributed by atoms with Gasteiger partial charge in [0.2, 0.25) is 0 Å². The van der Waals surface area contributed by atoms with Gasteiger partial charge in [-0.2, -0.15) is 0 Å². The molecule has 2 unspecified atom stereocenters. The van der Waals surface area contributed by atoms with E-state index < -0.39 is 23.6 Å². The first-order chi connectivity index (χ1) is 24.2. The molecule has 0 aromatic heterocycles. The highest BCUT2D eigenvalue weighted by molar-refractivity contribution is 5.78. The van der Waals surface area contributed by atoms with E-state index in [0.29, 0.717) is 25.6 Å². The van der Waals surface area contributed by atoms with Crippen LogP contribution in [0.3, 0.4) is 0 Å². The highest BCUT2D eigenvalue weighted by Crippen LogP contribution is 2.21. The molecule has 0 heterocycles.